The molecule has 0 radical (unpaired) electrons. The van der Waals surface area contributed by atoms with Gasteiger partial charge in [-0.25, -0.2) is 9.18 Å². The fraction of sp³-hybridized carbons (Fsp3) is 0.385. The van der Waals surface area contributed by atoms with E-state index >= 15 is 0 Å². The lowest BCUT2D eigenvalue weighted by Gasteiger charge is -2.19. The van der Waals surface area contributed by atoms with Crippen LogP contribution in [0.4, 0.5) is 10.1 Å². The van der Waals surface area contributed by atoms with Gasteiger partial charge in [-0.2, -0.15) is 0 Å². The van der Waals surface area contributed by atoms with E-state index in [9.17, 15) is 38.9 Å². The molecule has 2 heterocycles. The Hall–Kier alpha value is -4.07. The molecule has 4 atom stereocenters. The molecule has 2 aromatic rings. The Morgan fingerprint density at radius 1 is 1.13 bits per heavy atom. The number of hydrogen-bond acceptors (Lipinski definition) is 7. The van der Waals surface area contributed by atoms with Crippen molar-refractivity contribution in [3.63, 3.8) is 0 Å². The van der Waals surface area contributed by atoms with Gasteiger partial charge >= 0.3 is 5.97 Å². The van der Waals surface area contributed by atoms with Crippen LogP contribution in [-0.4, -0.2) is 80.0 Å². The Morgan fingerprint density at radius 3 is 2.46 bits per heavy atom. The molecule has 1 aliphatic rings. The van der Waals surface area contributed by atoms with Gasteiger partial charge in [0, 0.05) is 35.6 Å². The Labute approximate surface area is 222 Å². The molecule has 0 spiro atoms. The number of hydrogen-bond donors (Lipinski definition) is 8. The van der Waals surface area contributed by atoms with E-state index in [4.69, 9.17) is 5.11 Å². The monoisotopic (exact) mass is 546 g/mol. The summed E-state index contributed by atoms with van der Waals surface area (Å²) in [4.78, 5) is 51.4. The summed E-state index contributed by atoms with van der Waals surface area (Å²) in [6.45, 7) is 4.27. The zero-order valence-electron chi connectivity index (χ0n) is 21.5. The number of carbonyl (C=O) groups excluding carboxylic acids is 3. The second-order valence-corrected chi connectivity index (χ2v) is 9.45. The fourth-order valence-corrected chi connectivity index (χ4v) is 4.32. The highest BCUT2D eigenvalue weighted by Gasteiger charge is 2.28. The summed E-state index contributed by atoms with van der Waals surface area (Å²) in [6, 6.07) is 2.41. The first-order valence-electron chi connectivity index (χ1n) is 12.1. The van der Waals surface area contributed by atoms with Gasteiger partial charge in [-0.1, -0.05) is 0 Å². The number of aliphatic hydroxyl groups is 3. The number of benzene rings is 1. The second-order valence-electron chi connectivity index (χ2n) is 9.45. The predicted molar refractivity (Wildman–Crippen MR) is 138 cm³/mol. The van der Waals surface area contributed by atoms with E-state index in [2.05, 4.69) is 20.9 Å². The van der Waals surface area contributed by atoms with Crippen molar-refractivity contribution >= 4 is 41.0 Å². The van der Waals surface area contributed by atoms with E-state index in [0.29, 0.717) is 28.2 Å². The highest BCUT2D eigenvalue weighted by molar-refractivity contribution is 6.34. The maximum atomic E-state index is 13.7. The number of aromatic amines is 1. The molecule has 3 rings (SSSR count). The molecule has 210 valence electrons. The van der Waals surface area contributed by atoms with Crippen LogP contribution in [0.1, 0.15) is 52.6 Å². The van der Waals surface area contributed by atoms with Crippen LogP contribution in [0.5, 0.6) is 0 Å². The van der Waals surface area contributed by atoms with Crippen LogP contribution in [0, 0.1) is 19.7 Å². The average Bonchev–Trinajstić information content (AvgIpc) is 3.29. The maximum Gasteiger partial charge on any atom is 0.328 e. The molecule has 8 N–H and O–H groups in total. The molecule has 3 amide bonds. The third kappa shape index (κ3) is 7.07. The zero-order chi connectivity index (χ0) is 29.0. The molecular formula is C26H31FN4O8. The summed E-state index contributed by atoms with van der Waals surface area (Å²) in [6.07, 6.45) is -3.18. The van der Waals surface area contributed by atoms with E-state index in [1.54, 1.807) is 13.8 Å². The number of halogens is 1. The van der Waals surface area contributed by atoms with Crippen LogP contribution >= 0.6 is 0 Å². The van der Waals surface area contributed by atoms with Crippen LogP contribution in [-0.2, 0) is 14.4 Å². The standard InChI is InChI=1S/C26H31FN4O8/c1-11-20(9-18-17-6-14(27)4-5-19(17)30-24(18)36)29-12(2)22(11)25(37)28-10-16(34)7-15(33)8-21(35)31-23(13(3)32)26(38)39/h4-6,9,13,15-16,23,29,32-34H,7-8,10H2,1-3H3,(H,28,37)(H,30,36)(H,31,35)(H,38,39)/b18-9-/t13?,15-,16+,23?/m1/s1. The van der Waals surface area contributed by atoms with Crippen LogP contribution in [0.15, 0.2) is 18.2 Å². The number of fused-ring (bicyclic) bond motifs is 1. The van der Waals surface area contributed by atoms with Crippen molar-refractivity contribution in [1.29, 1.82) is 0 Å². The van der Waals surface area contributed by atoms with E-state index in [1.807, 2.05) is 0 Å². The molecule has 0 bridgehead atoms. The SMILES string of the molecule is Cc1[nH]c(/C=C2\C(=O)Nc3ccc(F)cc32)c(C)c1C(=O)NC[C@@H](O)C[C@@H](O)CC(=O)NC(C(=O)O)C(C)O. The number of nitrogens with one attached hydrogen (secondary N) is 4. The van der Waals surface area contributed by atoms with Gasteiger partial charge in [-0.3, -0.25) is 14.4 Å². The number of anilines is 1. The minimum absolute atomic E-state index is 0.234. The molecule has 1 aliphatic heterocycles. The smallest absolute Gasteiger partial charge is 0.328 e. The molecule has 1 aromatic heterocycles. The van der Waals surface area contributed by atoms with Crippen LogP contribution in [0.3, 0.4) is 0 Å². The lowest BCUT2D eigenvalue weighted by atomic mass is 10.0. The van der Waals surface area contributed by atoms with Gasteiger partial charge in [0.05, 0.1) is 35.9 Å². The third-order valence-corrected chi connectivity index (χ3v) is 6.28. The van der Waals surface area contributed by atoms with Crippen molar-refractivity contribution in [3.8, 4) is 0 Å². The Kier molecular flexibility index (Phi) is 9.22. The molecule has 1 aromatic carbocycles. The largest absolute Gasteiger partial charge is 0.480 e. The summed E-state index contributed by atoms with van der Waals surface area (Å²) in [7, 11) is 0. The van der Waals surface area contributed by atoms with Gasteiger partial charge < -0.3 is 41.4 Å². The third-order valence-electron chi connectivity index (χ3n) is 6.28. The summed E-state index contributed by atoms with van der Waals surface area (Å²) < 4.78 is 13.7. The van der Waals surface area contributed by atoms with E-state index < -0.39 is 60.3 Å². The fourth-order valence-electron chi connectivity index (χ4n) is 4.32. The van der Waals surface area contributed by atoms with E-state index in [0.717, 1.165) is 0 Å². The molecule has 0 fully saturated rings. The van der Waals surface area contributed by atoms with Crippen molar-refractivity contribution in [2.45, 2.75) is 58.0 Å². The Balaban J connectivity index is 1.60. The van der Waals surface area contributed by atoms with E-state index in [-0.39, 0.29) is 24.1 Å². The van der Waals surface area contributed by atoms with Gasteiger partial charge in [-0.05, 0) is 50.6 Å². The summed E-state index contributed by atoms with van der Waals surface area (Å²) in [5, 5.41) is 46.1. The summed E-state index contributed by atoms with van der Waals surface area (Å²) in [5.41, 5.74) is 2.88. The molecule has 0 saturated heterocycles. The number of aliphatic carboxylic acids is 1. The highest BCUT2D eigenvalue weighted by Crippen LogP contribution is 2.34. The number of carboxylic acid groups (broad SMARTS) is 1. The maximum absolute atomic E-state index is 13.7. The van der Waals surface area contributed by atoms with Gasteiger partial charge in [0.1, 0.15) is 5.82 Å². The van der Waals surface area contributed by atoms with Gasteiger partial charge in [0.15, 0.2) is 6.04 Å². The van der Waals surface area contributed by atoms with Crippen molar-refractivity contribution < 1.29 is 44.0 Å². The number of carbonyl (C=O) groups is 4. The van der Waals surface area contributed by atoms with Crippen molar-refractivity contribution in [2.24, 2.45) is 0 Å². The number of H-pyrrole nitrogens is 1. The van der Waals surface area contributed by atoms with Crippen LogP contribution < -0.4 is 16.0 Å². The van der Waals surface area contributed by atoms with Gasteiger partial charge in [0.2, 0.25) is 5.91 Å². The normalized spacial score (nSPS) is 16.7. The Morgan fingerprint density at radius 2 is 1.82 bits per heavy atom. The number of aryl methyl sites for hydroxylation is 1. The Bertz CT molecular complexity index is 1320. The molecule has 0 saturated carbocycles. The molecule has 13 heteroatoms. The second kappa shape index (κ2) is 12.2. The van der Waals surface area contributed by atoms with Crippen molar-refractivity contribution in [1.82, 2.24) is 15.6 Å². The molecule has 39 heavy (non-hydrogen) atoms. The first-order chi connectivity index (χ1) is 18.3. The topological polar surface area (TPSA) is 201 Å². The number of rotatable bonds is 11. The van der Waals surface area contributed by atoms with Crippen LogP contribution in [0.2, 0.25) is 0 Å². The summed E-state index contributed by atoms with van der Waals surface area (Å²) >= 11 is 0. The first kappa shape index (κ1) is 29.5. The van der Waals surface area contributed by atoms with Gasteiger partial charge in [0.25, 0.3) is 11.8 Å². The van der Waals surface area contributed by atoms with Crippen LogP contribution in [0.25, 0.3) is 11.6 Å². The number of aromatic nitrogens is 1. The predicted octanol–water partition coefficient (Wildman–Crippen LogP) is 0.445. The average molecular weight is 547 g/mol. The minimum atomic E-state index is -1.54. The lowest BCUT2D eigenvalue weighted by molar-refractivity contribution is -0.145. The number of amides is 3. The summed E-state index contributed by atoms with van der Waals surface area (Å²) in [5.74, 6) is -3.69. The molecule has 0 aliphatic carbocycles. The lowest BCUT2D eigenvalue weighted by Crippen LogP contribution is -2.48. The minimum Gasteiger partial charge on any atom is -0.480 e. The molecular weight excluding hydrogens is 515 g/mol. The number of aliphatic hydroxyl groups excluding tert-OH is 3. The van der Waals surface area contributed by atoms with E-state index in [1.165, 1.54) is 31.2 Å². The quantitative estimate of drug-likeness (QED) is 0.186. The van der Waals surface area contributed by atoms with Gasteiger partial charge in [-0.15, -0.1) is 0 Å². The molecule has 2 unspecified atom stereocenters. The molecule has 12 nitrogen and oxygen atoms in total. The zero-order valence-corrected chi connectivity index (χ0v) is 21.5. The highest BCUT2D eigenvalue weighted by atomic mass is 19.1. The van der Waals surface area contributed by atoms with Crippen molar-refractivity contribution in [3.05, 3.63) is 52.1 Å². The first-order valence-corrected chi connectivity index (χ1v) is 12.1. The number of carboxylic acids is 1. The van der Waals surface area contributed by atoms with Crippen molar-refractivity contribution in [2.75, 3.05) is 11.9 Å².